The van der Waals surface area contributed by atoms with Crippen LogP contribution < -0.4 is 0 Å². The molecule has 0 bridgehead atoms. The molecule has 1 aromatic heterocycles. The Bertz CT molecular complexity index is 1080. The van der Waals surface area contributed by atoms with Gasteiger partial charge in [0, 0.05) is 23.4 Å². The molecule has 4 nitrogen and oxygen atoms in total. The molecular weight excluding hydrogens is 356 g/mol. The highest BCUT2D eigenvalue weighted by molar-refractivity contribution is 7.90. The molecule has 1 spiro atoms. The zero-order valence-electron chi connectivity index (χ0n) is 15.1. The number of nitriles is 1. The Labute approximate surface area is 159 Å². The van der Waals surface area contributed by atoms with Crippen LogP contribution in [0.2, 0.25) is 0 Å². The highest BCUT2D eigenvalue weighted by Gasteiger charge is 2.36. The van der Waals surface area contributed by atoms with Crippen LogP contribution in [0.25, 0.3) is 11.1 Å². The molecule has 2 aromatic rings. The van der Waals surface area contributed by atoms with Crippen LogP contribution in [0, 0.1) is 16.7 Å². The zero-order valence-corrected chi connectivity index (χ0v) is 16.0. The lowest BCUT2D eigenvalue weighted by Gasteiger charge is -2.16. The van der Waals surface area contributed by atoms with Gasteiger partial charge in [0.05, 0.1) is 11.6 Å². The molecule has 5 heteroatoms. The molecule has 0 radical (unpaired) electrons. The van der Waals surface area contributed by atoms with Gasteiger partial charge in [-0.15, -0.1) is 0 Å². The van der Waals surface area contributed by atoms with E-state index in [2.05, 4.69) is 23.2 Å². The Morgan fingerprint density at radius 3 is 2.07 bits per heavy atom. The number of aromatic nitrogens is 1. The van der Waals surface area contributed by atoms with Crippen molar-refractivity contribution < 1.29 is 8.42 Å². The van der Waals surface area contributed by atoms with Crippen molar-refractivity contribution in [1.29, 1.82) is 5.26 Å². The topological polar surface area (TPSA) is 70.8 Å². The molecule has 1 heterocycles. The summed E-state index contributed by atoms with van der Waals surface area (Å²) in [5.41, 5.74) is 4.92. The van der Waals surface area contributed by atoms with Crippen molar-refractivity contribution >= 4 is 21.0 Å². The van der Waals surface area contributed by atoms with E-state index in [0.29, 0.717) is 5.56 Å². The average molecular weight is 376 g/mol. The van der Waals surface area contributed by atoms with Crippen molar-refractivity contribution in [2.75, 3.05) is 6.26 Å². The molecule has 1 fully saturated rings. The van der Waals surface area contributed by atoms with Crippen molar-refractivity contribution in [3.05, 3.63) is 71.4 Å². The standard InChI is InChI=1S/C22H20N2O2S/c1-27(25,26)21-9-8-18(15-24-21)20-13-22(10-2-3-11-22)12-19(20)17-6-4-16(14-23)5-7-17/h4-9,12-13,15H,2-3,10-11H2,1H3. The van der Waals surface area contributed by atoms with E-state index in [0.717, 1.165) is 35.1 Å². The molecule has 0 saturated heterocycles. The predicted octanol–water partition coefficient (Wildman–Crippen LogP) is 4.40. The molecule has 0 atom stereocenters. The van der Waals surface area contributed by atoms with Crippen molar-refractivity contribution in [2.24, 2.45) is 5.41 Å². The van der Waals surface area contributed by atoms with Gasteiger partial charge in [0.25, 0.3) is 0 Å². The van der Waals surface area contributed by atoms with Gasteiger partial charge < -0.3 is 0 Å². The van der Waals surface area contributed by atoms with E-state index in [1.54, 1.807) is 12.3 Å². The third kappa shape index (κ3) is 3.33. The van der Waals surface area contributed by atoms with Gasteiger partial charge >= 0.3 is 0 Å². The molecular formula is C22H20N2O2S. The highest BCUT2D eigenvalue weighted by Crippen LogP contribution is 2.51. The minimum absolute atomic E-state index is 0.0775. The second kappa shape index (κ2) is 6.47. The van der Waals surface area contributed by atoms with Gasteiger partial charge in [-0.2, -0.15) is 5.26 Å². The molecule has 136 valence electrons. The summed E-state index contributed by atoms with van der Waals surface area (Å²) < 4.78 is 23.4. The van der Waals surface area contributed by atoms with Crippen LogP contribution in [-0.2, 0) is 9.84 Å². The zero-order chi connectivity index (χ0) is 19.1. The summed E-state index contributed by atoms with van der Waals surface area (Å²) in [6, 6.07) is 13.2. The maximum absolute atomic E-state index is 11.7. The fourth-order valence-corrected chi connectivity index (χ4v) is 4.61. The summed E-state index contributed by atoms with van der Waals surface area (Å²) in [6.45, 7) is 0. The van der Waals surface area contributed by atoms with Crippen molar-refractivity contribution in [3.8, 4) is 6.07 Å². The first-order valence-corrected chi connectivity index (χ1v) is 10.9. The number of nitrogens with zero attached hydrogens (tertiary/aromatic N) is 2. The number of sulfone groups is 1. The smallest absolute Gasteiger partial charge is 0.192 e. The molecule has 27 heavy (non-hydrogen) atoms. The number of pyridine rings is 1. The quantitative estimate of drug-likeness (QED) is 0.796. The number of rotatable bonds is 3. The van der Waals surface area contributed by atoms with Gasteiger partial charge in [-0.3, -0.25) is 0 Å². The molecule has 1 saturated carbocycles. The summed E-state index contributed by atoms with van der Waals surface area (Å²) in [6.07, 6.45) is 12.2. The van der Waals surface area contributed by atoms with Crippen molar-refractivity contribution in [3.63, 3.8) is 0 Å². The van der Waals surface area contributed by atoms with Crippen LogP contribution in [0.1, 0.15) is 42.4 Å². The summed E-state index contributed by atoms with van der Waals surface area (Å²) in [4.78, 5) is 4.17. The van der Waals surface area contributed by atoms with Crippen LogP contribution in [0.15, 0.2) is 59.8 Å². The molecule has 0 amide bonds. The number of allylic oxidation sites excluding steroid dienone is 4. The van der Waals surface area contributed by atoms with Gasteiger partial charge in [0.1, 0.15) is 0 Å². The van der Waals surface area contributed by atoms with Gasteiger partial charge in [-0.05, 0) is 53.8 Å². The van der Waals surface area contributed by atoms with Crippen LogP contribution >= 0.6 is 0 Å². The molecule has 2 aliphatic rings. The summed E-state index contributed by atoms with van der Waals surface area (Å²) in [7, 11) is -3.31. The molecule has 2 aliphatic carbocycles. The third-order valence-electron chi connectivity index (χ3n) is 5.44. The van der Waals surface area contributed by atoms with Gasteiger partial charge in [0.15, 0.2) is 14.9 Å². The molecule has 4 rings (SSSR count). The predicted molar refractivity (Wildman–Crippen MR) is 105 cm³/mol. The summed E-state index contributed by atoms with van der Waals surface area (Å²) in [5, 5.41) is 9.14. The second-order valence-electron chi connectivity index (χ2n) is 7.40. The minimum Gasteiger partial charge on any atom is -0.244 e. The fourth-order valence-electron chi connectivity index (χ4n) is 4.05. The van der Waals surface area contributed by atoms with Crippen LogP contribution in [0.3, 0.4) is 0 Å². The Hall–Kier alpha value is -2.71. The van der Waals surface area contributed by atoms with Crippen LogP contribution in [0.5, 0.6) is 0 Å². The Kier molecular flexibility index (Phi) is 4.24. The largest absolute Gasteiger partial charge is 0.244 e. The summed E-state index contributed by atoms with van der Waals surface area (Å²) in [5.74, 6) is 0. The fraction of sp³-hybridized carbons (Fsp3) is 0.273. The lowest BCUT2D eigenvalue weighted by Crippen LogP contribution is -2.05. The first kappa shape index (κ1) is 17.7. The van der Waals surface area contributed by atoms with Crippen molar-refractivity contribution in [2.45, 2.75) is 30.7 Å². The maximum Gasteiger partial charge on any atom is 0.192 e. The highest BCUT2D eigenvalue weighted by atomic mass is 32.2. The Morgan fingerprint density at radius 2 is 1.56 bits per heavy atom. The van der Waals surface area contributed by atoms with Crippen LogP contribution in [0.4, 0.5) is 0 Å². The van der Waals surface area contributed by atoms with E-state index in [1.807, 2.05) is 30.3 Å². The van der Waals surface area contributed by atoms with Gasteiger partial charge in [0.2, 0.25) is 0 Å². The SMILES string of the molecule is CS(=O)(=O)c1ccc(C2=CC3(C=C2c2ccc(C#N)cc2)CCCC3)cn1. The lowest BCUT2D eigenvalue weighted by atomic mass is 9.88. The summed E-state index contributed by atoms with van der Waals surface area (Å²) >= 11 is 0. The normalized spacial score (nSPS) is 18.2. The first-order chi connectivity index (χ1) is 12.9. The molecule has 0 aliphatic heterocycles. The van der Waals surface area contributed by atoms with E-state index in [4.69, 9.17) is 5.26 Å². The minimum atomic E-state index is -3.31. The van der Waals surface area contributed by atoms with Gasteiger partial charge in [-0.25, -0.2) is 13.4 Å². The van der Waals surface area contributed by atoms with Crippen LogP contribution in [-0.4, -0.2) is 19.7 Å². The third-order valence-corrected chi connectivity index (χ3v) is 6.44. The van der Waals surface area contributed by atoms with E-state index in [1.165, 1.54) is 19.1 Å². The van der Waals surface area contributed by atoms with E-state index in [-0.39, 0.29) is 10.4 Å². The monoisotopic (exact) mass is 376 g/mol. The van der Waals surface area contributed by atoms with E-state index < -0.39 is 9.84 Å². The molecule has 0 N–H and O–H groups in total. The molecule has 0 unspecified atom stereocenters. The number of benzene rings is 1. The Balaban J connectivity index is 1.78. The van der Waals surface area contributed by atoms with E-state index >= 15 is 0 Å². The Morgan fingerprint density at radius 1 is 0.963 bits per heavy atom. The second-order valence-corrected chi connectivity index (χ2v) is 9.37. The van der Waals surface area contributed by atoms with Crippen molar-refractivity contribution in [1.82, 2.24) is 4.98 Å². The average Bonchev–Trinajstić information content (AvgIpc) is 3.28. The lowest BCUT2D eigenvalue weighted by molar-refractivity contribution is 0.523. The first-order valence-electron chi connectivity index (χ1n) is 9.03. The van der Waals surface area contributed by atoms with E-state index in [9.17, 15) is 8.42 Å². The molecule has 1 aromatic carbocycles. The number of hydrogen-bond donors (Lipinski definition) is 0. The maximum atomic E-state index is 11.7. The number of hydrogen-bond acceptors (Lipinski definition) is 4. The van der Waals surface area contributed by atoms with Gasteiger partial charge in [-0.1, -0.05) is 37.1 Å².